The van der Waals surface area contributed by atoms with Gasteiger partial charge in [0, 0.05) is 0 Å². The molecule has 0 spiro atoms. The first kappa shape index (κ1) is 19.2. The van der Waals surface area contributed by atoms with E-state index >= 15 is 0 Å². The van der Waals surface area contributed by atoms with Gasteiger partial charge in [-0.2, -0.15) is 0 Å². The summed E-state index contributed by atoms with van der Waals surface area (Å²) in [7, 11) is -3.50. The van der Waals surface area contributed by atoms with Gasteiger partial charge in [-0.3, -0.25) is 0 Å². The molecule has 2 atom stereocenters. The fourth-order valence-corrected chi connectivity index (χ4v) is 6.85. The Labute approximate surface area is 152 Å². The molecule has 0 saturated carbocycles. The van der Waals surface area contributed by atoms with Gasteiger partial charge < -0.3 is 0 Å². The van der Waals surface area contributed by atoms with Crippen molar-refractivity contribution < 1.29 is 8.42 Å². The molecular formula is C19H25NO2SSe. The van der Waals surface area contributed by atoms with Crippen molar-refractivity contribution in [1.82, 2.24) is 4.72 Å². The number of sulfonamides is 1. The molecule has 0 fully saturated rings. The van der Waals surface area contributed by atoms with Gasteiger partial charge in [-0.05, 0) is 0 Å². The number of nitrogens with one attached hydrogen (secondary N) is 1. The minimum absolute atomic E-state index is 0.0866. The molecule has 0 heterocycles. The van der Waals surface area contributed by atoms with Crippen LogP contribution in [0.2, 0.25) is 4.82 Å². The molecule has 2 aromatic rings. The molecule has 0 unspecified atom stereocenters. The predicted octanol–water partition coefficient (Wildman–Crippen LogP) is 3.14. The van der Waals surface area contributed by atoms with Crippen molar-refractivity contribution in [2.45, 2.75) is 43.4 Å². The van der Waals surface area contributed by atoms with Gasteiger partial charge in [0.1, 0.15) is 0 Å². The third kappa shape index (κ3) is 5.18. The summed E-state index contributed by atoms with van der Waals surface area (Å²) < 4.78 is 29.6. The van der Waals surface area contributed by atoms with E-state index in [2.05, 4.69) is 37.6 Å². The number of benzene rings is 2. The van der Waals surface area contributed by atoms with Crippen LogP contribution in [0.3, 0.4) is 0 Å². The maximum absolute atomic E-state index is 12.7. The zero-order valence-corrected chi connectivity index (χ0v) is 17.1. The van der Waals surface area contributed by atoms with E-state index in [1.807, 2.05) is 37.3 Å². The van der Waals surface area contributed by atoms with Gasteiger partial charge in [0.05, 0.1) is 0 Å². The summed E-state index contributed by atoms with van der Waals surface area (Å²) in [6.45, 7) is 8.22. The Hall–Kier alpha value is -1.13. The summed E-state index contributed by atoms with van der Waals surface area (Å²) in [5.41, 5.74) is 1.05. The maximum atomic E-state index is 12.7. The standard InChI is InChI=1S/C19H25NO2SSe/c1-14(2)19(16(4)24-18-8-6-5-7-9-18)20-23(21,22)17-12-10-15(3)11-13-17/h5-14,16,19-20H,1-4H3/t16-,19+/m0/s1. The molecule has 0 radical (unpaired) electrons. The van der Waals surface area contributed by atoms with E-state index in [0.29, 0.717) is 4.90 Å². The van der Waals surface area contributed by atoms with Crippen LogP contribution in [0.25, 0.3) is 0 Å². The van der Waals surface area contributed by atoms with Crippen LogP contribution in [0.15, 0.2) is 59.5 Å². The van der Waals surface area contributed by atoms with Crippen LogP contribution in [0.1, 0.15) is 26.3 Å². The van der Waals surface area contributed by atoms with E-state index in [4.69, 9.17) is 0 Å². The fraction of sp³-hybridized carbons (Fsp3) is 0.368. The Morgan fingerprint density at radius 1 is 0.917 bits per heavy atom. The summed E-state index contributed by atoms with van der Waals surface area (Å²) in [6.07, 6.45) is 0. The van der Waals surface area contributed by atoms with Crippen molar-refractivity contribution in [2.75, 3.05) is 0 Å². The predicted molar refractivity (Wildman–Crippen MR) is 101 cm³/mol. The van der Waals surface area contributed by atoms with Crippen molar-refractivity contribution in [1.29, 1.82) is 0 Å². The molecule has 0 aliphatic heterocycles. The van der Waals surface area contributed by atoms with Crippen molar-refractivity contribution in [3.63, 3.8) is 0 Å². The second-order valence-corrected chi connectivity index (χ2v) is 11.1. The van der Waals surface area contributed by atoms with Crippen LogP contribution in [0.5, 0.6) is 0 Å². The van der Waals surface area contributed by atoms with Gasteiger partial charge in [-0.25, -0.2) is 0 Å². The summed E-state index contributed by atoms with van der Waals surface area (Å²) in [6, 6.07) is 17.2. The van der Waals surface area contributed by atoms with Gasteiger partial charge >= 0.3 is 152 Å². The quantitative estimate of drug-likeness (QED) is 0.713. The van der Waals surface area contributed by atoms with Crippen molar-refractivity contribution >= 4 is 29.4 Å². The van der Waals surface area contributed by atoms with Gasteiger partial charge in [0.2, 0.25) is 0 Å². The van der Waals surface area contributed by atoms with Crippen LogP contribution in [-0.2, 0) is 10.0 Å². The molecular weight excluding hydrogens is 385 g/mol. The molecule has 2 rings (SSSR count). The van der Waals surface area contributed by atoms with Crippen molar-refractivity contribution in [3.8, 4) is 0 Å². The van der Waals surface area contributed by atoms with Crippen molar-refractivity contribution in [2.24, 2.45) is 5.92 Å². The van der Waals surface area contributed by atoms with Gasteiger partial charge in [-0.15, -0.1) is 0 Å². The Morgan fingerprint density at radius 3 is 2.04 bits per heavy atom. The third-order valence-electron chi connectivity index (χ3n) is 3.91. The molecule has 0 saturated heterocycles. The Bertz CT molecular complexity index is 743. The van der Waals surface area contributed by atoms with Gasteiger partial charge in [0.15, 0.2) is 0 Å². The molecule has 130 valence electrons. The molecule has 5 heteroatoms. The SMILES string of the molecule is Cc1ccc(S(=O)(=O)N[C@H](C(C)C)[C@H](C)[Se]c2ccccc2)cc1. The van der Waals surface area contributed by atoms with E-state index in [9.17, 15) is 8.42 Å². The zero-order chi connectivity index (χ0) is 17.7. The minimum atomic E-state index is -3.50. The number of hydrogen-bond acceptors (Lipinski definition) is 2. The molecule has 1 N–H and O–H groups in total. The van der Waals surface area contributed by atoms with Crippen LogP contribution in [0, 0.1) is 12.8 Å². The summed E-state index contributed by atoms with van der Waals surface area (Å²) in [4.78, 5) is 0.596. The molecule has 24 heavy (non-hydrogen) atoms. The van der Waals surface area contributed by atoms with Crippen LogP contribution in [-0.4, -0.2) is 29.4 Å². The Kier molecular flexibility index (Phi) is 6.64. The number of rotatable bonds is 7. The van der Waals surface area contributed by atoms with Gasteiger partial charge in [0.25, 0.3) is 0 Å². The molecule has 0 bridgehead atoms. The molecule has 0 aliphatic rings. The second kappa shape index (κ2) is 8.30. The van der Waals surface area contributed by atoms with Crippen molar-refractivity contribution in [3.05, 3.63) is 60.2 Å². The second-order valence-electron chi connectivity index (χ2n) is 6.34. The summed E-state index contributed by atoms with van der Waals surface area (Å²) in [5.74, 6) is 0.228. The molecule has 0 aliphatic carbocycles. The number of hydrogen-bond donors (Lipinski definition) is 1. The van der Waals surface area contributed by atoms with E-state index in [1.165, 1.54) is 4.46 Å². The average molecular weight is 410 g/mol. The topological polar surface area (TPSA) is 46.2 Å². The normalized spacial score (nSPS) is 14.5. The van der Waals surface area contributed by atoms with Crippen LogP contribution in [0.4, 0.5) is 0 Å². The van der Waals surface area contributed by atoms with Crippen LogP contribution >= 0.6 is 0 Å². The first-order valence-electron chi connectivity index (χ1n) is 8.10. The van der Waals surface area contributed by atoms with E-state index < -0.39 is 10.0 Å². The Balaban J connectivity index is 2.16. The van der Waals surface area contributed by atoms with E-state index in [-0.39, 0.29) is 31.7 Å². The third-order valence-corrected chi connectivity index (χ3v) is 7.92. The van der Waals surface area contributed by atoms with Gasteiger partial charge in [-0.1, -0.05) is 0 Å². The molecule has 0 amide bonds. The molecule has 3 nitrogen and oxygen atoms in total. The zero-order valence-electron chi connectivity index (χ0n) is 14.6. The number of aryl methyl sites for hydroxylation is 1. The Morgan fingerprint density at radius 2 is 1.50 bits per heavy atom. The molecule has 0 aromatic heterocycles. The summed E-state index contributed by atoms with van der Waals surface area (Å²) >= 11 is 0.214. The average Bonchev–Trinajstić information content (AvgIpc) is 2.53. The molecule has 2 aromatic carbocycles. The van der Waals surface area contributed by atoms with E-state index in [0.717, 1.165) is 5.56 Å². The fourth-order valence-electron chi connectivity index (χ4n) is 2.53. The summed E-state index contributed by atoms with van der Waals surface area (Å²) in [5, 5.41) is 0. The van der Waals surface area contributed by atoms with Crippen LogP contribution < -0.4 is 9.18 Å². The first-order valence-corrected chi connectivity index (χ1v) is 11.4. The monoisotopic (exact) mass is 411 g/mol. The van der Waals surface area contributed by atoms with E-state index in [1.54, 1.807) is 12.1 Å². The first-order chi connectivity index (χ1) is 11.3.